The number of benzene rings is 2. The van der Waals surface area contributed by atoms with Crippen LogP contribution in [-0.4, -0.2) is 143 Å². The molecule has 17 nitrogen and oxygen atoms in total. The van der Waals surface area contributed by atoms with Crippen molar-refractivity contribution in [3.05, 3.63) is 75.7 Å². The zero-order valence-electron chi connectivity index (χ0n) is 44.2. The summed E-state index contributed by atoms with van der Waals surface area (Å²) in [5.41, 5.74) is 3.54. The van der Waals surface area contributed by atoms with Crippen LogP contribution in [0.25, 0.3) is 21.8 Å². The molecule has 0 radical (unpaired) electrons. The molecule has 0 spiro atoms. The van der Waals surface area contributed by atoms with E-state index in [1.807, 2.05) is 60.5 Å². The molecule has 73 heavy (non-hydrogen) atoms. The lowest BCUT2D eigenvalue weighted by Gasteiger charge is -2.43. The summed E-state index contributed by atoms with van der Waals surface area (Å²) in [6, 6.07) is 12.8. The van der Waals surface area contributed by atoms with Gasteiger partial charge in [-0.2, -0.15) is 5.10 Å². The van der Waals surface area contributed by atoms with E-state index < -0.39 is 18.4 Å². The molecule has 400 valence electrons. The van der Waals surface area contributed by atoms with Crippen molar-refractivity contribution in [2.24, 2.45) is 0 Å². The molecule has 1 atom stereocenters. The Balaban J connectivity index is 0.986. The highest BCUT2D eigenvalue weighted by atomic mass is 16.7. The number of unbranched alkanes of at least 4 members (excludes halogenated alkanes) is 10. The number of urea groups is 1. The average molecular weight is 1010 g/mol. The smallest absolute Gasteiger partial charge is 0.434 e. The van der Waals surface area contributed by atoms with E-state index in [0.717, 1.165) is 105 Å². The van der Waals surface area contributed by atoms with Crippen molar-refractivity contribution < 1.29 is 38.1 Å². The average Bonchev–Trinajstić information content (AvgIpc) is 3.83. The maximum atomic E-state index is 14.6. The fraction of sp³-hybridized carbons (Fsp3) is 0.643. The third kappa shape index (κ3) is 15.9. The minimum atomic E-state index is -0.832. The summed E-state index contributed by atoms with van der Waals surface area (Å²) in [5, 5.41) is 9.52. The van der Waals surface area contributed by atoms with Crippen LogP contribution in [0.5, 0.6) is 0 Å². The maximum Gasteiger partial charge on any atom is 0.510 e. The number of rotatable bonds is 24. The number of hydrogen-bond donors (Lipinski definition) is 1. The molecule has 1 N–H and O–H groups in total. The van der Waals surface area contributed by atoms with Gasteiger partial charge in [-0.3, -0.25) is 19.1 Å². The number of hydrogen-bond acceptors (Lipinski definition) is 12. The molecule has 5 heterocycles. The van der Waals surface area contributed by atoms with Crippen molar-refractivity contribution >= 4 is 46.1 Å². The number of aryl methyl sites for hydroxylation is 1. The van der Waals surface area contributed by atoms with Gasteiger partial charge in [-0.1, -0.05) is 102 Å². The van der Waals surface area contributed by atoms with Gasteiger partial charge in [-0.05, 0) is 106 Å². The molecule has 3 aliphatic heterocycles. The number of nitrogens with one attached hydrogen (secondary N) is 1. The highest BCUT2D eigenvalue weighted by Gasteiger charge is 2.34. The first-order valence-electron chi connectivity index (χ1n) is 27.5. The van der Waals surface area contributed by atoms with E-state index in [2.05, 4.69) is 41.1 Å². The molecule has 3 amide bonds. The lowest BCUT2D eigenvalue weighted by molar-refractivity contribution is -0.135. The quantitative estimate of drug-likeness (QED) is 0.0522. The molecule has 0 unspecified atom stereocenters. The second-order valence-electron chi connectivity index (χ2n) is 20.6. The van der Waals surface area contributed by atoms with Gasteiger partial charge in [-0.25, -0.2) is 19.1 Å². The number of pyridine rings is 1. The Morgan fingerprint density at radius 2 is 1.30 bits per heavy atom. The first-order valence-corrected chi connectivity index (χ1v) is 27.5. The van der Waals surface area contributed by atoms with Crippen LogP contribution >= 0.6 is 0 Å². The first-order chi connectivity index (χ1) is 35.5. The van der Waals surface area contributed by atoms with Gasteiger partial charge in [-0.15, -0.1) is 0 Å². The second kappa shape index (κ2) is 28.1. The summed E-state index contributed by atoms with van der Waals surface area (Å²) >= 11 is 0. The lowest BCUT2D eigenvalue weighted by Crippen LogP contribution is -2.59. The Morgan fingerprint density at radius 1 is 0.685 bits per heavy atom. The number of carbonyl (C=O) groups excluding carboxylic acids is 4. The van der Waals surface area contributed by atoms with Crippen molar-refractivity contribution in [1.82, 2.24) is 39.3 Å². The van der Waals surface area contributed by atoms with Crippen LogP contribution in [0.3, 0.4) is 0 Å². The van der Waals surface area contributed by atoms with Crippen LogP contribution in [0.1, 0.15) is 139 Å². The molecule has 3 saturated heterocycles. The Bertz CT molecular complexity index is 2470. The van der Waals surface area contributed by atoms with Crippen molar-refractivity contribution in [1.29, 1.82) is 0 Å². The number of likely N-dealkylation sites (tertiary alicyclic amines) is 2. The van der Waals surface area contributed by atoms with Crippen LogP contribution in [0.15, 0.2) is 53.5 Å². The number of fused-ring (bicyclic) bond motifs is 2. The van der Waals surface area contributed by atoms with E-state index in [9.17, 15) is 24.0 Å². The summed E-state index contributed by atoms with van der Waals surface area (Å²) in [5.74, 6) is -0.250. The van der Waals surface area contributed by atoms with Crippen LogP contribution in [0, 0.1) is 6.92 Å². The van der Waals surface area contributed by atoms with Gasteiger partial charge in [0.05, 0.1) is 24.2 Å². The predicted molar refractivity (Wildman–Crippen MR) is 283 cm³/mol. The number of amides is 3. The van der Waals surface area contributed by atoms with E-state index in [1.165, 1.54) is 43.1 Å². The van der Waals surface area contributed by atoms with E-state index in [0.29, 0.717) is 62.7 Å². The number of carbonyl (C=O) groups is 4. The molecule has 3 aliphatic rings. The molecule has 17 heteroatoms. The Morgan fingerprint density at radius 3 is 1.96 bits per heavy atom. The van der Waals surface area contributed by atoms with Crippen LogP contribution < -0.4 is 10.9 Å². The molecule has 3 fully saturated rings. The van der Waals surface area contributed by atoms with Crippen molar-refractivity contribution in [2.75, 3.05) is 72.6 Å². The zero-order valence-corrected chi connectivity index (χ0v) is 44.2. The number of para-hydroxylation sites is 1. The summed E-state index contributed by atoms with van der Waals surface area (Å²) in [6.45, 7) is 12.2. The second-order valence-corrected chi connectivity index (χ2v) is 20.6. The van der Waals surface area contributed by atoms with E-state index >= 15 is 0 Å². The van der Waals surface area contributed by atoms with Gasteiger partial charge in [0.25, 0.3) is 5.56 Å². The van der Waals surface area contributed by atoms with Crippen LogP contribution in [0.4, 0.5) is 14.4 Å². The topological polar surface area (TPSA) is 170 Å². The number of nitrogens with zero attached hydrogens (tertiary/aromatic N) is 7. The molecular formula is C56H82N8O9. The van der Waals surface area contributed by atoms with Gasteiger partial charge < -0.3 is 39.0 Å². The Kier molecular flexibility index (Phi) is 21.2. The Labute approximate surface area is 431 Å². The molecular weight excluding hydrogens is 929 g/mol. The summed E-state index contributed by atoms with van der Waals surface area (Å²) in [7, 11) is 2.17. The third-order valence-electron chi connectivity index (χ3n) is 15.1. The largest absolute Gasteiger partial charge is 0.510 e. The fourth-order valence-corrected chi connectivity index (χ4v) is 10.7. The highest BCUT2D eigenvalue weighted by molar-refractivity contribution is 5.88. The van der Waals surface area contributed by atoms with Crippen LogP contribution in [-0.2, 0) is 43.6 Å². The standard InChI is InChI=1S/C56H82N8O9/c1-5-7-9-11-13-17-33-70-55(68)72-40-63-39-46-36-43(35-42(3)51(46)58-63)37-49(53(66)61-31-29-60(30-32-61)47-23-25-59(4)26-24-47)57-54(67)62-27-21-44(22-28-62)48-38-45-19-15-16-20-50(45)64(52(48)65)41-73-56(69)71-34-18-14-12-10-8-6-2/h15-16,19-20,35-36,38-39,44,47,49H,5-14,17-18,21-34,37,40-41H2,1-4H3,(H,57,67)/t49-/m1/s1. The lowest BCUT2D eigenvalue weighted by atomic mass is 9.89. The molecule has 2 aromatic carbocycles. The zero-order chi connectivity index (χ0) is 51.5. The van der Waals surface area contributed by atoms with Gasteiger partial charge in [0.2, 0.25) is 5.91 Å². The molecule has 0 bridgehead atoms. The molecule has 7 rings (SSSR count). The number of piperazine rings is 1. The van der Waals surface area contributed by atoms with Gasteiger partial charge >= 0.3 is 18.3 Å². The summed E-state index contributed by atoms with van der Waals surface area (Å²) in [6.07, 6.45) is 16.8. The first kappa shape index (κ1) is 55.1. The van der Waals surface area contributed by atoms with Crippen LogP contribution in [0.2, 0.25) is 0 Å². The van der Waals surface area contributed by atoms with Crippen molar-refractivity contribution in [3.63, 3.8) is 0 Å². The van der Waals surface area contributed by atoms with Crippen molar-refractivity contribution in [3.8, 4) is 0 Å². The Hall–Kier alpha value is -5.68. The van der Waals surface area contributed by atoms with E-state index in [1.54, 1.807) is 9.58 Å². The molecule has 2 aromatic heterocycles. The SMILES string of the molecule is CCCCCCCCOC(=O)OCn1cc2cc(C[C@@H](NC(=O)N3CCC(c4cc5ccccc5n(COC(=O)OCCCCCCCC)c4=O)CC3)C(=O)N3CCN(C4CCN(C)CC4)CC3)cc(C)c2n1. The maximum absolute atomic E-state index is 14.6. The fourth-order valence-electron chi connectivity index (χ4n) is 10.7. The summed E-state index contributed by atoms with van der Waals surface area (Å²) in [4.78, 5) is 76.6. The van der Waals surface area contributed by atoms with Gasteiger partial charge in [0, 0.05) is 68.9 Å². The molecule has 4 aromatic rings. The summed E-state index contributed by atoms with van der Waals surface area (Å²) < 4.78 is 24.6. The van der Waals surface area contributed by atoms with E-state index in [-0.39, 0.29) is 49.9 Å². The monoisotopic (exact) mass is 1010 g/mol. The predicted octanol–water partition coefficient (Wildman–Crippen LogP) is 9.34. The van der Waals surface area contributed by atoms with E-state index in [4.69, 9.17) is 18.9 Å². The molecule has 0 aliphatic carbocycles. The number of ether oxygens (including phenoxy) is 4. The number of aromatic nitrogens is 3. The molecule has 0 saturated carbocycles. The highest BCUT2D eigenvalue weighted by Crippen LogP contribution is 2.29. The third-order valence-corrected chi connectivity index (χ3v) is 15.1. The number of piperidine rings is 2. The minimum Gasteiger partial charge on any atom is -0.434 e. The minimum absolute atomic E-state index is 0.0998. The normalized spacial score (nSPS) is 16.7. The van der Waals surface area contributed by atoms with Gasteiger partial charge in [0.1, 0.15) is 6.04 Å². The van der Waals surface area contributed by atoms with Gasteiger partial charge in [0.15, 0.2) is 13.5 Å². The van der Waals surface area contributed by atoms with Crippen molar-refractivity contribution in [2.45, 2.75) is 161 Å².